The third-order valence-electron chi connectivity index (χ3n) is 2.64. The van der Waals surface area contributed by atoms with Crippen LogP contribution in [0.1, 0.15) is 40.0 Å². The van der Waals surface area contributed by atoms with Gasteiger partial charge in [-0.15, -0.1) is 0 Å². The van der Waals surface area contributed by atoms with Crippen LogP contribution in [0.5, 0.6) is 0 Å². The fourth-order valence-corrected chi connectivity index (χ4v) is 1.92. The monoisotopic (exact) mass is 212 g/mol. The fourth-order valence-electron chi connectivity index (χ4n) is 1.92. The third-order valence-corrected chi connectivity index (χ3v) is 2.64. The summed E-state index contributed by atoms with van der Waals surface area (Å²) in [5.74, 6) is 0.650. The predicted octanol–water partition coefficient (Wildman–Crippen LogP) is 2.57. The summed E-state index contributed by atoms with van der Waals surface area (Å²) in [6, 6.07) is 0.559. The topological polar surface area (TPSA) is 24.1 Å². The lowest BCUT2D eigenvalue weighted by Crippen LogP contribution is -2.27. The Bertz CT molecular complexity index is 169. The van der Waals surface area contributed by atoms with Crippen molar-refractivity contribution >= 4 is 0 Å². The normalized spacial score (nSPS) is 14.7. The maximum absolute atomic E-state index is 3.40. The second kappa shape index (κ2) is 8.93. The maximum Gasteiger partial charge on any atom is 0.0274 e. The summed E-state index contributed by atoms with van der Waals surface area (Å²) >= 11 is 0. The van der Waals surface area contributed by atoms with Crippen molar-refractivity contribution in [3.8, 4) is 0 Å². The van der Waals surface area contributed by atoms with E-state index in [1.54, 1.807) is 5.57 Å². The van der Waals surface area contributed by atoms with Gasteiger partial charge in [-0.1, -0.05) is 32.4 Å². The van der Waals surface area contributed by atoms with Crippen molar-refractivity contribution < 1.29 is 0 Å². The Balaban J connectivity index is 4.29. The largest absolute Gasteiger partial charge is 0.320 e. The van der Waals surface area contributed by atoms with Gasteiger partial charge in [-0.05, 0) is 45.8 Å². The molecule has 0 aromatic rings. The van der Waals surface area contributed by atoms with Gasteiger partial charge in [-0.25, -0.2) is 0 Å². The zero-order chi connectivity index (χ0) is 11.7. The van der Waals surface area contributed by atoms with Gasteiger partial charge in [0.25, 0.3) is 0 Å². The van der Waals surface area contributed by atoms with Crippen LogP contribution in [0.15, 0.2) is 11.6 Å². The van der Waals surface area contributed by atoms with Crippen LogP contribution in [-0.4, -0.2) is 26.7 Å². The molecule has 0 saturated carbocycles. The summed E-state index contributed by atoms with van der Waals surface area (Å²) in [6.07, 6.45) is 6.03. The van der Waals surface area contributed by atoms with Gasteiger partial charge < -0.3 is 10.6 Å². The Hall–Kier alpha value is -0.340. The van der Waals surface area contributed by atoms with Gasteiger partial charge in [0, 0.05) is 6.04 Å². The lowest BCUT2D eigenvalue weighted by atomic mass is 9.96. The number of hydrogen-bond donors (Lipinski definition) is 2. The Morgan fingerprint density at radius 2 is 1.93 bits per heavy atom. The zero-order valence-corrected chi connectivity index (χ0v) is 11.1. The smallest absolute Gasteiger partial charge is 0.0274 e. The fraction of sp³-hybridized carbons (Fsp3) is 0.846. The molecule has 0 aliphatic rings. The van der Waals surface area contributed by atoms with Crippen LogP contribution in [0.4, 0.5) is 0 Å². The van der Waals surface area contributed by atoms with Crippen LogP contribution in [-0.2, 0) is 0 Å². The molecule has 0 fully saturated rings. The minimum absolute atomic E-state index is 0.559. The van der Waals surface area contributed by atoms with Crippen molar-refractivity contribution in [3.63, 3.8) is 0 Å². The molecule has 0 saturated heterocycles. The average Bonchev–Trinajstić information content (AvgIpc) is 2.19. The molecule has 2 heteroatoms. The molecule has 0 unspecified atom stereocenters. The quantitative estimate of drug-likeness (QED) is 0.477. The first-order valence-corrected chi connectivity index (χ1v) is 6.18. The highest BCUT2D eigenvalue weighted by molar-refractivity contribution is 5.11. The number of likely N-dealkylation sites (N-methyl/N-ethyl adjacent to an activating group) is 1. The summed E-state index contributed by atoms with van der Waals surface area (Å²) in [7, 11) is 4.07. The van der Waals surface area contributed by atoms with E-state index in [0.717, 1.165) is 6.54 Å². The molecule has 2 N–H and O–H groups in total. The zero-order valence-electron chi connectivity index (χ0n) is 11.1. The van der Waals surface area contributed by atoms with Crippen molar-refractivity contribution in [2.45, 2.75) is 46.1 Å². The molecule has 90 valence electrons. The molecule has 1 atom stereocenters. The van der Waals surface area contributed by atoms with Crippen molar-refractivity contribution in [3.05, 3.63) is 11.6 Å². The van der Waals surface area contributed by atoms with Crippen molar-refractivity contribution in [2.24, 2.45) is 5.92 Å². The van der Waals surface area contributed by atoms with Crippen molar-refractivity contribution in [2.75, 3.05) is 20.6 Å². The lowest BCUT2D eigenvalue weighted by Gasteiger charge is -2.19. The number of hydrogen-bond acceptors (Lipinski definition) is 2. The number of allylic oxidation sites excluding steroid dienone is 1. The maximum atomic E-state index is 3.40. The van der Waals surface area contributed by atoms with Crippen LogP contribution in [0, 0.1) is 5.92 Å². The van der Waals surface area contributed by atoms with E-state index in [1.165, 1.54) is 19.3 Å². The molecular formula is C13H28N2. The van der Waals surface area contributed by atoms with E-state index >= 15 is 0 Å². The molecule has 0 aromatic heterocycles. The Kier molecular flexibility index (Phi) is 8.73. The summed E-state index contributed by atoms with van der Waals surface area (Å²) in [5.41, 5.74) is 1.57. The van der Waals surface area contributed by atoms with E-state index in [2.05, 4.69) is 44.5 Å². The van der Waals surface area contributed by atoms with E-state index in [4.69, 9.17) is 0 Å². The highest BCUT2D eigenvalue weighted by Crippen LogP contribution is 2.15. The first-order valence-electron chi connectivity index (χ1n) is 6.18. The summed E-state index contributed by atoms with van der Waals surface area (Å²) < 4.78 is 0. The molecule has 0 heterocycles. The van der Waals surface area contributed by atoms with Crippen LogP contribution >= 0.6 is 0 Å². The molecule has 15 heavy (non-hydrogen) atoms. The first kappa shape index (κ1) is 14.7. The van der Waals surface area contributed by atoms with Gasteiger partial charge in [0.05, 0.1) is 0 Å². The van der Waals surface area contributed by atoms with Crippen LogP contribution in [0.25, 0.3) is 0 Å². The molecule has 2 nitrogen and oxygen atoms in total. The highest BCUT2D eigenvalue weighted by atomic mass is 14.9. The molecule has 0 rings (SSSR count). The van der Waals surface area contributed by atoms with Crippen LogP contribution in [0.3, 0.4) is 0 Å². The molecule has 0 bridgehead atoms. The summed E-state index contributed by atoms with van der Waals surface area (Å²) in [5, 5.41) is 6.60. The molecule has 0 aliphatic heterocycles. The Morgan fingerprint density at radius 1 is 1.27 bits per heavy atom. The molecule has 0 spiro atoms. The highest BCUT2D eigenvalue weighted by Gasteiger charge is 2.09. The van der Waals surface area contributed by atoms with Crippen molar-refractivity contribution in [1.82, 2.24) is 10.6 Å². The third kappa shape index (κ3) is 6.69. The molecule has 0 amide bonds. The van der Waals surface area contributed by atoms with Crippen molar-refractivity contribution in [1.29, 1.82) is 0 Å². The molecule has 0 aromatic carbocycles. The number of nitrogens with one attached hydrogen (secondary N) is 2. The van der Waals surface area contributed by atoms with Gasteiger partial charge in [-0.2, -0.15) is 0 Å². The van der Waals surface area contributed by atoms with Gasteiger partial charge in [0.1, 0.15) is 0 Å². The van der Waals surface area contributed by atoms with Gasteiger partial charge in [0.15, 0.2) is 0 Å². The van der Waals surface area contributed by atoms with Crippen LogP contribution < -0.4 is 10.6 Å². The molecular weight excluding hydrogens is 184 g/mol. The van der Waals surface area contributed by atoms with E-state index in [0.29, 0.717) is 12.0 Å². The number of rotatable bonds is 8. The SMILES string of the molecule is CC[C@@H](NC)/C(=C/C(C)C)CCCNC. The van der Waals surface area contributed by atoms with E-state index in [1.807, 2.05) is 7.05 Å². The standard InChI is InChI=1S/C13H28N2/c1-6-13(15-5)12(10-11(2)3)8-7-9-14-4/h10-11,13-15H,6-9H2,1-5H3/b12-10+/t13-/m1/s1. The van der Waals surface area contributed by atoms with E-state index in [-0.39, 0.29) is 0 Å². The van der Waals surface area contributed by atoms with Crippen LogP contribution in [0.2, 0.25) is 0 Å². The second-order valence-corrected chi connectivity index (χ2v) is 4.44. The summed E-state index contributed by atoms with van der Waals surface area (Å²) in [6.45, 7) is 7.85. The lowest BCUT2D eigenvalue weighted by molar-refractivity contribution is 0.572. The predicted molar refractivity (Wildman–Crippen MR) is 69.2 cm³/mol. The van der Waals surface area contributed by atoms with E-state index < -0.39 is 0 Å². The molecule has 0 radical (unpaired) electrons. The van der Waals surface area contributed by atoms with Gasteiger partial charge >= 0.3 is 0 Å². The van der Waals surface area contributed by atoms with E-state index in [9.17, 15) is 0 Å². The molecule has 0 aliphatic carbocycles. The average molecular weight is 212 g/mol. The summed E-state index contributed by atoms with van der Waals surface area (Å²) in [4.78, 5) is 0. The first-order chi connectivity index (χ1) is 7.15. The van der Waals surface area contributed by atoms with Gasteiger partial charge in [0.2, 0.25) is 0 Å². The van der Waals surface area contributed by atoms with Gasteiger partial charge in [-0.3, -0.25) is 0 Å². The minimum atomic E-state index is 0.559. The second-order valence-electron chi connectivity index (χ2n) is 4.44. The Morgan fingerprint density at radius 3 is 2.33 bits per heavy atom. The Labute approximate surface area is 95.5 Å². The minimum Gasteiger partial charge on any atom is -0.320 e.